The maximum absolute atomic E-state index is 14.7. The van der Waals surface area contributed by atoms with Crippen LogP contribution in [-0.4, -0.2) is 0 Å². The van der Waals surface area contributed by atoms with E-state index in [1.165, 1.54) is 83.5 Å². The van der Waals surface area contributed by atoms with Gasteiger partial charge in [-0.25, -0.2) is 4.57 Å². The fourth-order valence-electron chi connectivity index (χ4n) is 14.3. The largest absolute Gasteiger partial charge is 0.475 e. The van der Waals surface area contributed by atoms with Crippen LogP contribution >= 0.6 is 7.82 Å². The van der Waals surface area contributed by atoms with E-state index < -0.39 is 7.82 Å². The van der Waals surface area contributed by atoms with Gasteiger partial charge >= 0.3 is 7.82 Å². The van der Waals surface area contributed by atoms with Crippen LogP contribution in [0.25, 0.3) is 34.9 Å². The molecule has 0 unspecified atom stereocenters. The van der Waals surface area contributed by atoms with Crippen molar-refractivity contribution in [3.63, 3.8) is 0 Å². The molecule has 3 aliphatic carbocycles. The van der Waals surface area contributed by atoms with Gasteiger partial charge in [-0.05, 0) is 210 Å². The first-order valence-corrected chi connectivity index (χ1v) is 29.6. The number of allylic oxidation sites excluding steroid dienone is 3. The first kappa shape index (κ1) is 56.4. The molecule has 0 saturated carbocycles. The summed E-state index contributed by atoms with van der Waals surface area (Å²) in [6.07, 6.45) is 10.2. The van der Waals surface area contributed by atoms with Crippen LogP contribution in [0.4, 0.5) is 0 Å². The standard InChI is InChI=1S/C72H87O4P/c1-46(58-37-64-61(34-49(58)4)67(7,8)43-70(64,13)14)31-52-19-25-55(26-20-52)40-74-77(73,75-41-56-27-21-53(22-28-56)32-47(2)59-38-65-62(35-50(59)5)68(9,10)44-71(65,15)16)76-42-57-29-23-54(24-30-57)33-48(3)60-39-66-63(36-51(60)6)69(11,12)45-72(66,17)18/h19-39H,40-45H2,1-18H3/b46-31+,47-32+,48-33+. The summed E-state index contributed by atoms with van der Waals surface area (Å²) in [6, 6.07) is 39.3. The summed E-state index contributed by atoms with van der Waals surface area (Å²) >= 11 is 0. The number of phosphoric acid groups is 1. The maximum atomic E-state index is 14.7. The van der Waals surface area contributed by atoms with Crippen molar-refractivity contribution in [3.8, 4) is 0 Å². The summed E-state index contributed by atoms with van der Waals surface area (Å²) in [7, 11) is -4.07. The van der Waals surface area contributed by atoms with E-state index in [2.05, 4.69) is 216 Å². The van der Waals surface area contributed by atoms with Crippen LogP contribution in [0.3, 0.4) is 0 Å². The second kappa shape index (κ2) is 20.4. The molecule has 0 heterocycles. The molecule has 404 valence electrons. The Morgan fingerprint density at radius 2 is 0.584 bits per heavy atom. The van der Waals surface area contributed by atoms with E-state index in [1.807, 2.05) is 36.4 Å². The Morgan fingerprint density at radius 3 is 0.805 bits per heavy atom. The van der Waals surface area contributed by atoms with E-state index in [9.17, 15) is 4.57 Å². The molecule has 0 fully saturated rings. The molecule has 0 N–H and O–H groups in total. The summed E-state index contributed by atoms with van der Waals surface area (Å²) < 4.78 is 33.4. The number of rotatable bonds is 15. The highest BCUT2D eigenvalue weighted by molar-refractivity contribution is 7.48. The number of benzene rings is 6. The van der Waals surface area contributed by atoms with Crippen LogP contribution in [0, 0.1) is 20.8 Å². The Labute approximate surface area is 464 Å². The molecule has 0 amide bonds. The van der Waals surface area contributed by atoms with E-state index in [1.54, 1.807) is 0 Å². The zero-order valence-corrected chi connectivity index (χ0v) is 50.8. The molecule has 0 aromatic heterocycles. The Bertz CT molecular complexity index is 3030. The third-order valence-electron chi connectivity index (χ3n) is 17.7. The van der Waals surface area contributed by atoms with E-state index in [-0.39, 0.29) is 52.3 Å². The lowest BCUT2D eigenvalue weighted by atomic mass is 9.82. The molecular weight excluding hydrogens is 960 g/mol. The molecule has 3 aliphatic rings. The lowest BCUT2D eigenvalue weighted by Gasteiger charge is -2.22. The van der Waals surface area contributed by atoms with E-state index in [0.29, 0.717) is 0 Å². The van der Waals surface area contributed by atoms with Crippen LogP contribution in [0.15, 0.2) is 109 Å². The smallest absolute Gasteiger partial charge is 0.282 e. The predicted molar refractivity (Wildman–Crippen MR) is 327 cm³/mol. The van der Waals surface area contributed by atoms with Crippen molar-refractivity contribution in [2.24, 2.45) is 0 Å². The van der Waals surface area contributed by atoms with Crippen molar-refractivity contribution < 1.29 is 18.1 Å². The van der Waals surface area contributed by atoms with Gasteiger partial charge in [-0.2, -0.15) is 0 Å². The van der Waals surface area contributed by atoms with Crippen molar-refractivity contribution in [2.75, 3.05) is 0 Å². The molecule has 5 heteroatoms. The molecule has 0 aliphatic heterocycles. The second-order valence-corrected chi connectivity index (χ2v) is 29.1. The fourth-order valence-corrected chi connectivity index (χ4v) is 15.5. The monoisotopic (exact) mass is 1050 g/mol. The minimum absolute atomic E-state index is 0.0641. The fraction of sp³-hybridized carbons (Fsp3) is 0.417. The van der Waals surface area contributed by atoms with Crippen LogP contribution in [0.5, 0.6) is 0 Å². The highest BCUT2D eigenvalue weighted by Crippen LogP contribution is 2.54. The Hall–Kier alpha value is -5.35. The summed E-state index contributed by atoms with van der Waals surface area (Å²) in [5, 5.41) is 0. The molecule has 4 nitrogen and oxygen atoms in total. The van der Waals surface area contributed by atoms with Crippen molar-refractivity contribution in [1.29, 1.82) is 0 Å². The zero-order chi connectivity index (χ0) is 55.8. The normalized spacial score (nSPS) is 18.8. The first-order chi connectivity index (χ1) is 35.9. The first-order valence-electron chi connectivity index (χ1n) is 28.2. The Kier molecular flexibility index (Phi) is 14.9. The minimum atomic E-state index is -4.07. The average molecular weight is 1050 g/mol. The molecule has 6 aromatic carbocycles. The molecule has 0 atom stereocenters. The molecular formula is C72H87O4P. The minimum Gasteiger partial charge on any atom is -0.282 e. The summed E-state index contributed by atoms with van der Waals surface area (Å²) in [5.74, 6) is 0. The van der Waals surface area contributed by atoms with E-state index >= 15 is 0 Å². The average Bonchev–Trinajstić information content (AvgIpc) is 3.89. The SMILES string of the molecule is C/C(=C\c1ccc(COP(=O)(OCc2ccc(/C=C(\C)c3cc4c(cc3C)C(C)(C)CC4(C)C)cc2)OCc2ccc(/C=C(\C)c3cc4c(cc3C)C(C)(C)CC4(C)C)cc2)cc1)c1cc2c(cc1C)C(C)(C)CC2(C)C. The van der Waals surface area contributed by atoms with Crippen molar-refractivity contribution in [2.45, 2.75) is 196 Å². The maximum Gasteiger partial charge on any atom is 0.475 e. The Morgan fingerprint density at radius 1 is 0.377 bits per heavy atom. The topological polar surface area (TPSA) is 44.8 Å². The summed E-state index contributed by atoms with van der Waals surface area (Å²) in [4.78, 5) is 0. The van der Waals surface area contributed by atoms with Gasteiger partial charge in [0.25, 0.3) is 0 Å². The van der Waals surface area contributed by atoms with Gasteiger partial charge in [0.05, 0.1) is 19.8 Å². The van der Waals surface area contributed by atoms with Gasteiger partial charge < -0.3 is 0 Å². The predicted octanol–water partition coefficient (Wildman–Crippen LogP) is 20.2. The number of phosphoric ester groups is 1. The number of aryl methyl sites for hydroxylation is 3. The molecule has 0 radical (unpaired) electrons. The molecule has 0 bridgehead atoms. The molecule has 9 rings (SSSR count). The Balaban J connectivity index is 0.908. The van der Waals surface area contributed by atoms with Gasteiger partial charge in [0.1, 0.15) is 0 Å². The van der Waals surface area contributed by atoms with Gasteiger partial charge in [0, 0.05) is 0 Å². The van der Waals surface area contributed by atoms with Gasteiger partial charge in [-0.15, -0.1) is 0 Å². The molecule has 6 aromatic rings. The summed E-state index contributed by atoms with van der Waals surface area (Å²) in [5.41, 5.74) is 27.1. The second-order valence-electron chi connectivity index (χ2n) is 27.4. The molecule has 77 heavy (non-hydrogen) atoms. The number of fused-ring (bicyclic) bond motifs is 3. The third-order valence-corrected chi connectivity index (χ3v) is 19.0. The van der Waals surface area contributed by atoms with Gasteiger partial charge in [0.2, 0.25) is 0 Å². The van der Waals surface area contributed by atoms with Crippen LogP contribution in [0.2, 0.25) is 0 Å². The third kappa shape index (κ3) is 11.7. The van der Waals surface area contributed by atoms with E-state index in [4.69, 9.17) is 13.6 Å². The van der Waals surface area contributed by atoms with Crippen molar-refractivity contribution in [3.05, 3.63) is 209 Å². The lowest BCUT2D eigenvalue weighted by Crippen LogP contribution is -2.18. The highest BCUT2D eigenvalue weighted by Gasteiger charge is 2.44. The van der Waals surface area contributed by atoms with Crippen LogP contribution in [0.1, 0.15) is 223 Å². The summed E-state index contributed by atoms with van der Waals surface area (Å²) in [6.45, 7) is 41.9. The molecule has 0 saturated heterocycles. The van der Waals surface area contributed by atoms with Crippen LogP contribution in [-0.2, 0) is 70.4 Å². The zero-order valence-electron chi connectivity index (χ0n) is 49.9. The number of hydrogen-bond donors (Lipinski definition) is 0. The number of hydrogen-bond acceptors (Lipinski definition) is 4. The van der Waals surface area contributed by atoms with Crippen LogP contribution < -0.4 is 0 Å². The molecule has 0 spiro atoms. The van der Waals surface area contributed by atoms with Gasteiger partial charge in [0.15, 0.2) is 0 Å². The van der Waals surface area contributed by atoms with E-state index in [0.717, 1.165) is 52.6 Å². The van der Waals surface area contributed by atoms with Gasteiger partial charge in [-0.3, -0.25) is 13.6 Å². The lowest BCUT2D eigenvalue weighted by molar-refractivity contribution is 0.0978. The quantitative estimate of drug-likeness (QED) is 0.0759. The van der Waals surface area contributed by atoms with Crippen molar-refractivity contribution >= 4 is 42.8 Å². The highest BCUT2D eigenvalue weighted by atomic mass is 31.2. The van der Waals surface area contributed by atoms with Crippen molar-refractivity contribution in [1.82, 2.24) is 0 Å². The van der Waals surface area contributed by atoms with Gasteiger partial charge in [-0.1, -0.05) is 211 Å².